The number of hydrogen-bond donors (Lipinski definition) is 2. The first-order valence-electron chi connectivity index (χ1n) is 10.3. The van der Waals surface area contributed by atoms with Crippen molar-refractivity contribution in [2.75, 3.05) is 19.8 Å². The van der Waals surface area contributed by atoms with Gasteiger partial charge in [0, 0.05) is 18.7 Å². The lowest BCUT2D eigenvalue weighted by Crippen LogP contribution is -2.42. The molecule has 7 nitrogen and oxygen atoms in total. The summed E-state index contributed by atoms with van der Waals surface area (Å²) in [6.07, 6.45) is 5.19. The highest BCUT2D eigenvalue weighted by Gasteiger charge is 2.40. The van der Waals surface area contributed by atoms with E-state index in [0.29, 0.717) is 24.5 Å². The molecule has 8 heteroatoms. The van der Waals surface area contributed by atoms with Gasteiger partial charge in [-0.2, -0.15) is 0 Å². The summed E-state index contributed by atoms with van der Waals surface area (Å²) in [5, 5.41) is 13.1. The second-order valence-electron chi connectivity index (χ2n) is 8.18. The largest absolute Gasteiger partial charge is 0.473 e. The maximum Gasteiger partial charge on any atom is 0.271 e. The monoisotopic (exact) mass is 415 g/mol. The molecule has 160 valence electrons. The van der Waals surface area contributed by atoms with E-state index in [9.17, 15) is 14.3 Å². The van der Waals surface area contributed by atoms with E-state index in [4.69, 9.17) is 9.47 Å². The Balaban J connectivity index is 1.53. The van der Waals surface area contributed by atoms with E-state index in [1.807, 2.05) is 0 Å². The van der Waals surface area contributed by atoms with Crippen LogP contribution in [-0.4, -0.2) is 52.4 Å². The minimum Gasteiger partial charge on any atom is -0.473 e. The van der Waals surface area contributed by atoms with Crippen molar-refractivity contribution in [3.63, 3.8) is 0 Å². The van der Waals surface area contributed by atoms with Crippen LogP contribution in [0.2, 0.25) is 0 Å². The van der Waals surface area contributed by atoms with Gasteiger partial charge >= 0.3 is 0 Å². The summed E-state index contributed by atoms with van der Waals surface area (Å²) < 4.78 is 24.8. The Bertz CT molecular complexity index is 894. The molecule has 0 spiro atoms. The maximum absolute atomic E-state index is 13.4. The van der Waals surface area contributed by atoms with Crippen LogP contribution in [-0.2, 0) is 4.74 Å². The molecule has 2 unspecified atom stereocenters. The number of ether oxygens (including phenoxy) is 2. The number of nitrogens with one attached hydrogen (secondary N) is 1. The van der Waals surface area contributed by atoms with Gasteiger partial charge in [0.25, 0.3) is 5.91 Å². The van der Waals surface area contributed by atoms with Gasteiger partial charge in [0.1, 0.15) is 23.8 Å². The fourth-order valence-corrected chi connectivity index (χ4v) is 3.54. The van der Waals surface area contributed by atoms with Crippen molar-refractivity contribution in [3.8, 4) is 17.1 Å². The standard InChI is InChI=1S/C22H26FN3O4/c1-22(28,15-6-7-15)13-25-20(27)18-11-24-21(30-12-17-3-2-10-29-17)19(26-18)14-4-8-16(23)9-5-14/h4-5,8-9,11,15,17,28H,2-3,6-7,10,12-13H2,1H3,(H,25,27). The number of nitrogens with zero attached hydrogens (tertiary/aromatic N) is 2. The third-order valence-electron chi connectivity index (χ3n) is 5.58. The van der Waals surface area contributed by atoms with Crippen molar-refractivity contribution in [1.82, 2.24) is 15.3 Å². The first kappa shape index (κ1) is 20.7. The van der Waals surface area contributed by atoms with E-state index in [1.54, 1.807) is 19.1 Å². The van der Waals surface area contributed by atoms with Gasteiger partial charge in [-0.25, -0.2) is 14.4 Å². The minimum absolute atomic E-state index is 0.000461. The van der Waals surface area contributed by atoms with Gasteiger partial charge in [0.2, 0.25) is 5.88 Å². The molecular formula is C22H26FN3O4. The van der Waals surface area contributed by atoms with Gasteiger partial charge in [0.05, 0.1) is 17.9 Å². The highest BCUT2D eigenvalue weighted by Crippen LogP contribution is 2.39. The van der Waals surface area contributed by atoms with Crippen LogP contribution in [0.15, 0.2) is 30.5 Å². The van der Waals surface area contributed by atoms with E-state index in [0.717, 1.165) is 25.7 Å². The molecular weight excluding hydrogens is 389 g/mol. The molecule has 1 saturated heterocycles. The summed E-state index contributed by atoms with van der Waals surface area (Å²) >= 11 is 0. The molecule has 0 radical (unpaired) electrons. The topological polar surface area (TPSA) is 93.6 Å². The summed E-state index contributed by atoms with van der Waals surface area (Å²) in [4.78, 5) is 21.3. The molecule has 1 amide bonds. The average molecular weight is 415 g/mol. The lowest BCUT2D eigenvalue weighted by molar-refractivity contribution is 0.0353. The number of carbonyl (C=O) groups excluding carboxylic acids is 1. The molecule has 1 aliphatic heterocycles. The van der Waals surface area contributed by atoms with Gasteiger partial charge in [0.15, 0.2) is 0 Å². The van der Waals surface area contributed by atoms with E-state index >= 15 is 0 Å². The quantitative estimate of drug-likeness (QED) is 0.689. The Labute approximate surface area is 174 Å². The van der Waals surface area contributed by atoms with Crippen molar-refractivity contribution in [3.05, 3.63) is 42.0 Å². The fourth-order valence-electron chi connectivity index (χ4n) is 3.54. The molecule has 1 saturated carbocycles. The predicted octanol–water partition coefficient (Wildman–Crippen LogP) is 2.73. The first-order chi connectivity index (χ1) is 14.4. The molecule has 2 aromatic rings. The second kappa shape index (κ2) is 8.65. The number of benzene rings is 1. The Kier molecular flexibility index (Phi) is 5.97. The molecule has 2 heterocycles. The van der Waals surface area contributed by atoms with Crippen LogP contribution >= 0.6 is 0 Å². The van der Waals surface area contributed by atoms with Crippen molar-refractivity contribution in [1.29, 1.82) is 0 Å². The van der Waals surface area contributed by atoms with E-state index in [2.05, 4.69) is 15.3 Å². The zero-order valence-electron chi connectivity index (χ0n) is 16.9. The van der Waals surface area contributed by atoms with Gasteiger partial charge in [-0.1, -0.05) is 0 Å². The molecule has 2 N–H and O–H groups in total. The molecule has 1 aromatic carbocycles. The smallest absolute Gasteiger partial charge is 0.271 e. The third-order valence-corrected chi connectivity index (χ3v) is 5.58. The van der Waals surface area contributed by atoms with Gasteiger partial charge < -0.3 is 19.9 Å². The van der Waals surface area contributed by atoms with Crippen LogP contribution in [0.4, 0.5) is 4.39 Å². The van der Waals surface area contributed by atoms with Gasteiger partial charge in [-0.15, -0.1) is 0 Å². The van der Waals surface area contributed by atoms with Crippen LogP contribution in [0.3, 0.4) is 0 Å². The lowest BCUT2D eigenvalue weighted by Gasteiger charge is -2.23. The summed E-state index contributed by atoms with van der Waals surface area (Å²) in [7, 11) is 0. The van der Waals surface area contributed by atoms with E-state index in [1.165, 1.54) is 18.3 Å². The van der Waals surface area contributed by atoms with Crippen molar-refractivity contribution in [2.45, 2.75) is 44.3 Å². The van der Waals surface area contributed by atoms with Crippen LogP contribution in [0.5, 0.6) is 5.88 Å². The molecule has 4 rings (SSSR count). The average Bonchev–Trinajstić information content (AvgIpc) is 3.49. The zero-order valence-corrected chi connectivity index (χ0v) is 16.9. The third kappa shape index (κ3) is 4.94. The number of carbonyl (C=O) groups is 1. The maximum atomic E-state index is 13.4. The Morgan fingerprint density at radius 2 is 2.10 bits per heavy atom. The second-order valence-corrected chi connectivity index (χ2v) is 8.18. The summed E-state index contributed by atoms with van der Waals surface area (Å²) in [6, 6.07) is 5.77. The zero-order chi connectivity index (χ0) is 21.1. The lowest BCUT2D eigenvalue weighted by atomic mass is 10.0. The fraction of sp³-hybridized carbons (Fsp3) is 0.500. The van der Waals surface area contributed by atoms with E-state index < -0.39 is 11.5 Å². The van der Waals surface area contributed by atoms with Crippen LogP contribution in [0, 0.1) is 11.7 Å². The number of halogens is 1. The first-order valence-corrected chi connectivity index (χ1v) is 10.3. The molecule has 0 bridgehead atoms. The Hall–Kier alpha value is -2.58. The Morgan fingerprint density at radius 3 is 2.77 bits per heavy atom. The van der Waals surface area contributed by atoms with Crippen molar-refractivity contribution < 1.29 is 23.8 Å². The summed E-state index contributed by atoms with van der Waals surface area (Å²) in [6.45, 7) is 2.91. The minimum atomic E-state index is -0.937. The number of aliphatic hydroxyl groups is 1. The normalized spacial score (nSPS) is 20.6. The number of aromatic nitrogens is 2. The Morgan fingerprint density at radius 1 is 1.33 bits per heavy atom. The number of hydrogen-bond acceptors (Lipinski definition) is 6. The highest BCUT2D eigenvalue weighted by atomic mass is 19.1. The van der Waals surface area contributed by atoms with Crippen LogP contribution < -0.4 is 10.1 Å². The van der Waals surface area contributed by atoms with Crippen molar-refractivity contribution in [2.24, 2.45) is 5.92 Å². The summed E-state index contributed by atoms with van der Waals surface area (Å²) in [5.41, 5.74) is 0.110. The molecule has 1 aliphatic carbocycles. The van der Waals surface area contributed by atoms with Crippen LogP contribution in [0.1, 0.15) is 43.1 Å². The molecule has 1 aromatic heterocycles. The van der Waals surface area contributed by atoms with E-state index in [-0.39, 0.29) is 36.0 Å². The summed E-state index contributed by atoms with van der Waals surface area (Å²) in [5.74, 6) is -0.326. The van der Waals surface area contributed by atoms with Crippen molar-refractivity contribution >= 4 is 5.91 Å². The number of amides is 1. The van der Waals surface area contributed by atoms with Gasteiger partial charge in [-0.05, 0) is 62.8 Å². The molecule has 2 fully saturated rings. The van der Waals surface area contributed by atoms with Gasteiger partial charge in [-0.3, -0.25) is 4.79 Å². The van der Waals surface area contributed by atoms with Crippen LogP contribution in [0.25, 0.3) is 11.3 Å². The highest BCUT2D eigenvalue weighted by molar-refractivity contribution is 5.92. The molecule has 2 aliphatic rings. The predicted molar refractivity (Wildman–Crippen MR) is 108 cm³/mol. The number of rotatable bonds is 8. The molecule has 30 heavy (non-hydrogen) atoms. The SMILES string of the molecule is CC(O)(CNC(=O)c1cnc(OCC2CCCO2)c(-c2ccc(F)cc2)n1)C1CC1. The molecule has 2 atom stereocenters.